The molecule has 0 spiro atoms. The van der Waals surface area contributed by atoms with Crippen molar-refractivity contribution >= 4 is 21.8 Å². The summed E-state index contributed by atoms with van der Waals surface area (Å²) in [6, 6.07) is 2.60. The molecular weight excluding hydrogens is 333 g/mol. The summed E-state index contributed by atoms with van der Waals surface area (Å²) in [6.07, 6.45) is -0.968. The van der Waals surface area contributed by atoms with Gasteiger partial charge in [-0.2, -0.15) is 4.98 Å². The molecule has 0 aliphatic carbocycles. The van der Waals surface area contributed by atoms with Crippen LogP contribution in [-0.2, 0) is 0 Å². The van der Waals surface area contributed by atoms with Crippen LogP contribution in [0.25, 0.3) is 0 Å². The number of alkyl halides is 1. The fourth-order valence-electron chi connectivity index (χ4n) is 2.26. The molecule has 2 unspecified atom stereocenters. The number of aromatic nitrogens is 2. The predicted molar refractivity (Wildman–Crippen MR) is 68.7 cm³/mol. The van der Waals surface area contributed by atoms with Crippen molar-refractivity contribution in [2.75, 3.05) is 6.54 Å². The fraction of sp³-hybridized carbons (Fsp3) is 0.417. The number of hydrogen-bond acceptors (Lipinski definition) is 5. The Morgan fingerprint density at radius 1 is 1.55 bits per heavy atom. The van der Waals surface area contributed by atoms with E-state index in [2.05, 4.69) is 26.1 Å². The van der Waals surface area contributed by atoms with Gasteiger partial charge in [0.15, 0.2) is 16.3 Å². The number of hydrogen-bond donors (Lipinski definition) is 0. The molecule has 2 aromatic rings. The van der Waals surface area contributed by atoms with Gasteiger partial charge in [0.1, 0.15) is 12.2 Å². The summed E-state index contributed by atoms with van der Waals surface area (Å²) < 4.78 is 24.4. The molecule has 0 bridgehead atoms. The quantitative estimate of drug-likeness (QED) is 0.838. The van der Waals surface area contributed by atoms with E-state index < -0.39 is 18.1 Å². The molecule has 20 heavy (non-hydrogen) atoms. The third-order valence-corrected chi connectivity index (χ3v) is 3.55. The molecule has 1 saturated heterocycles. The number of carbonyl (C=O) groups is 1. The summed E-state index contributed by atoms with van der Waals surface area (Å²) in [5.74, 6) is 0.459. The molecule has 0 saturated carbocycles. The van der Waals surface area contributed by atoms with Gasteiger partial charge in [-0.25, -0.2) is 4.39 Å². The first-order valence-electron chi connectivity index (χ1n) is 6.05. The van der Waals surface area contributed by atoms with Gasteiger partial charge >= 0.3 is 0 Å². The van der Waals surface area contributed by atoms with Gasteiger partial charge < -0.3 is 13.8 Å². The van der Waals surface area contributed by atoms with Crippen LogP contribution < -0.4 is 0 Å². The molecule has 0 aromatic carbocycles. The number of furan rings is 1. The van der Waals surface area contributed by atoms with Crippen LogP contribution >= 0.6 is 15.9 Å². The normalized spacial score (nSPS) is 22.4. The van der Waals surface area contributed by atoms with Gasteiger partial charge in [-0.15, -0.1) is 0 Å². The average Bonchev–Trinajstić information content (AvgIpc) is 3.09. The minimum absolute atomic E-state index is 0.0107. The molecule has 106 valence electrons. The molecule has 0 radical (unpaired) electrons. The van der Waals surface area contributed by atoms with Gasteiger partial charge in [-0.3, -0.25) is 4.79 Å². The van der Waals surface area contributed by atoms with Crippen molar-refractivity contribution in [1.82, 2.24) is 15.0 Å². The Labute approximate surface area is 122 Å². The summed E-state index contributed by atoms with van der Waals surface area (Å²) in [7, 11) is 0. The lowest BCUT2D eigenvalue weighted by Crippen LogP contribution is -2.31. The minimum Gasteiger partial charge on any atom is -0.444 e. The van der Waals surface area contributed by atoms with E-state index in [-0.39, 0.29) is 24.6 Å². The Bertz CT molecular complexity index is 641. The lowest BCUT2D eigenvalue weighted by molar-refractivity contribution is 0.0670. The van der Waals surface area contributed by atoms with Crippen LogP contribution in [0.5, 0.6) is 0 Å². The standard InChI is InChI=1S/C12H11BrFN3O3/c1-6-15-11(20-16-6)8-4-7(14)5-17(8)12(18)9-2-3-10(13)19-9/h2-3,7-8H,4-5H2,1H3. The summed E-state index contributed by atoms with van der Waals surface area (Å²) >= 11 is 3.13. The number of aryl methyl sites for hydroxylation is 1. The third-order valence-electron chi connectivity index (χ3n) is 3.12. The lowest BCUT2D eigenvalue weighted by atomic mass is 10.2. The van der Waals surface area contributed by atoms with E-state index in [0.29, 0.717) is 10.5 Å². The molecule has 0 N–H and O–H groups in total. The van der Waals surface area contributed by atoms with Crippen LogP contribution in [0.4, 0.5) is 4.39 Å². The molecule has 3 rings (SSSR count). The zero-order valence-electron chi connectivity index (χ0n) is 10.5. The van der Waals surface area contributed by atoms with E-state index in [0.717, 1.165) is 0 Å². The van der Waals surface area contributed by atoms with Gasteiger partial charge in [-0.05, 0) is 35.0 Å². The van der Waals surface area contributed by atoms with Gasteiger partial charge in [0.2, 0.25) is 5.89 Å². The molecule has 6 nitrogen and oxygen atoms in total. The number of nitrogens with zero attached hydrogens (tertiary/aromatic N) is 3. The van der Waals surface area contributed by atoms with Crippen LogP contribution in [0.1, 0.15) is 34.7 Å². The van der Waals surface area contributed by atoms with Crippen LogP contribution in [0.2, 0.25) is 0 Å². The second-order valence-electron chi connectivity index (χ2n) is 4.59. The first-order chi connectivity index (χ1) is 9.54. The molecule has 8 heteroatoms. The van der Waals surface area contributed by atoms with Crippen molar-refractivity contribution in [2.24, 2.45) is 0 Å². The van der Waals surface area contributed by atoms with Gasteiger partial charge in [0.25, 0.3) is 5.91 Å². The number of likely N-dealkylation sites (tertiary alicyclic amines) is 1. The van der Waals surface area contributed by atoms with Crippen molar-refractivity contribution in [3.8, 4) is 0 Å². The largest absolute Gasteiger partial charge is 0.444 e. The number of halogens is 2. The molecular formula is C12H11BrFN3O3. The van der Waals surface area contributed by atoms with Crippen LogP contribution in [0.3, 0.4) is 0 Å². The van der Waals surface area contributed by atoms with E-state index in [9.17, 15) is 9.18 Å². The Kier molecular flexibility index (Phi) is 3.33. The second kappa shape index (κ2) is 5.01. The van der Waals surface area contributed by atoms with Crippen LogP contribution in [0.15, 0.2) is 25.7 Å². The second-order valence-corrected chi connectivity index (χ2v) is 5.37. The maximum absolute atomic E-state index is 13.7. The highest BCUT2D eigenvalue weighted by Gasteiger charge is 2.40. The Morgan fingerprint density at radius 3 is 2.95 bits per heavy atom. The molecule has 1 fully saturated rings. The summed E-state index contributed by atoms with van der Waals surface area (Å²) in [5, 5.41) is 3.68. The average molecular weight is 344 g/mol. The van der Waals surface area contributed by atoms with E-state index in [1.807, 2.05) is 0 Å². The molecule has 1 aliphatic rings. The maximum atomic E-state index is 13.7. The number of amides is 1. The Balaban J connectivity index is 1.88. The van der Waals surface area contributed by atoms with Crippen molar-refractivity contribution < 1.29 is 18.1 Å². The molecule has 3 heterocycles. The molecule has 2 aromatic heterocycles. The highest BCUT2D eigenvalue weighted by molar-refractivity contribution is 9.10. The van der Waals surface area contributed by atoms with E-state index in [1.54, 1.807) is 13.0 Å². The van der Waals surface area contributed by atoms with Gasteiger partial charge in [0, 0.05) is 6.42 Å². The highest BCUT2D eigenvalue weighted by Crippen LogP contribution is 2.34. The zero-order valence-corrected chi connectivity index (χ0v) is 12.1. The lowest BCUT2D eigenvalue weighted by Gasteiger charge is -2.19. The zero-order chi connectivity index (χ0) is 14.3. The Morgan fingerprint density at radius 2 is 2.35 bits per heavy atom. The van der Waals surface area contributed by atoms with E-state index in [1.165, 1.54) is 11.0 Å². The first kappa shape index (κ1) is 13.3. The van der Waals surface area contributed by atoms with E-state index in [4.69, 9.17) is 8.94 Å². The maximum Gasteiger partial charge on any atom is 0.290 e. The van der Waals surface area contributed by atoms with Crippen molar-refractivity contribution in [3.05, 3.63) is 34.3 Å². The minimum atomic E-state index is -1.12. The molecule has 2 atom stereocenters. The summed E-state index contributed by atoms with van der Waals surface area (Å²) in [5.41, 5.74) is 0. The first-order valence-corrected chi connectivity index (χ1v) is 6.84. The fourth-order valence-corrected chi connectivity index (χ4v) is 2.57. The van der Waals surface area contributed by atoms with Crippen LogP contribution in [-0.4, -0.2) is 33.7 Å². The van der Waals surface area contributed by atoms with Crippen molar-refractivity contribution in [3.63, 3.8) is 0 Å². The summed E-state index contributed by atoms with van der Waals surface area (Å²) in [6.45, 7) is 1.66. The van der Waals surface area contributed by atoms with Gasteiger partial charge in [0.05, 0.1) is 6.54 Å². The number of rotatable bonds is 2. The van der Waals surface area contributed by atoms with E-state index >= 15 is 0 Å². The highest BCUT2D eigenvalue weighted by atomic mass is 79.9. The smallest absolute Gasteiger partial charge is 0.290 e. The topological polar surface area (TPSA) is 72.4 Å². The number of carbonyl (C=O) groups excluding carboxylic acids is 1. The van der Waals surface area contributed by atoms with Crippen LogP contribution in [0, 0.1) is 6.92 Å². The van der Waals surface area contributed by atoms with Crippen molar-refractivity contribution in [1.29, 1.82) is 0 Å². The predicted octanol–water partition coefficient (Wildman–Crippen LogP) is 2.66. The summed E-state index contributed by atoms with van der Waals surface area (Å²) in [4.78, 5) is 17.8. The SMILES string of the molecule is Cc1noc(C2CC(F)CN2C(=O)c2ccc(Br)o2)n1. The monoisotopic (exact) mass is 343 g/mol. The Hall–Kier alpha value is -1.70. The molecule has 1 aliphatic heterocycles. The van der Waals surface area contributed by atoms with Crippen molar-refractivity contribution in [2.45, 2.75) is 25.6 Å². The molecule has 1 amide bonds. The third kappa shape index (κ3) is 2.35. The van der Waals surface area contributed by atoms with Gasteiger partial charge in [-0.1, -0.05) is 5.16 Å².